The number of hydrogen-bond donors (Lipinski definition) is 0. The molecule has 1 aliphatic heterocycles. The highest BCUT2D eigenvalue weighted by molar-refractivity contribution is 9.11. The molecule has 20 heavy (non-hydrogen) atoms. The van der Waals surface area contributed by atoms with Crippen LogP contribution in [0.25, 0.3) is 0 Å². The number of halogens is 3. The molecule has 0 amide bonds. The van der Waals surface area contributed by atoms with Crippen molar-refractivity contribution in [3.8, 4) is 5.75 Å². The highest BCUT2D eigenvalue weighted by Gasteiger charge is 2.30. The topological polar surface area (TPSA) is 39.2 Å². The van der Waals surface area contributed by atoms with E-state index in [0.29, 0.717) is 11.4 Å². The van der Waals surface area contributed by atoms with E-state index in [1.807, 2.05) is 6.07 Å². The van der Waals surface area contributed by atoms with Gasteiger partial charge in [0.25, 0.3) is 0 Å². The lowest BCUT2D eigenvalue weighted by molar-refractivity contribution is 0.0843. The van der Waals surface area contributed by atoms with Gasteiger partial charge in [-0.1, -0.05) is 0 Å². The van der Waals surface area contributed by atoms with Gasteiger partial charge in [0, 0.05) is 15.1 Å². The lowest BCUT2D eigenvalue weighted by Gasteiger charge is -2.25. The van der Waals surface area contributed by atoms with Gasteiger partial charge in [-0.25, -0.2) is 4.39 Å². The van der Waals surface area contributed by atoms with Crippen LogP contribution < -0.4 is 4.74 Å². The predicted molar refractivity (Wildman–Crippen MR) is 78.4 cm³/mol. The van der Waals surface area contributed by atoms with E-state index in [1.165, 1.54) is 18.2 Å². The molecule has 3 rings (SSSR count). The lowest BCUT2D eigenvalue weighted by atomic mass is 9.98. The maximum Gasteiger partial charge on any atom is 0.170 e. The standard InChI is InChI=1S/C14H8Br2FNO2/c15-7-3-10(16)14(18-6-7)13-5-11(19)9-4-8(17)1-2-12(9)20-13/h1-4,6,13H,5H2. The quantitative estimate of drug-likeness (QED) is 0.709. The number of Topliss-reactive ketones (excluding diaryl/α,β-unsaturated/α-hetero) is 1. The molecule has 102 valence electrons. The molecule has 0 saturated heterocycles. The molecule has 0 saturated carbocycles. The first-order chi connectivity index (χ1) is 9.54. The molecule has 3 nitrogen and oxygen atoms in total. The average molecular weight is 401 g/mol. The number of ketones is 1. The number of aromatic nitrogens is 1. The summed E-state index contributed by atoms with van der Waals surface area (Å²) < 4.78 is 20.5. The van der Waals surface area contributed by atoms with E-state index < -0.39 is 11.9 Å². The van der Waals surface area contributed by atoms with Crippen LogP contribution in [-0.2, 0) is 0 Å². The molecule has 0 N–H and O–H groups in total. The van der Waals surface area contributed by atoms with Gasteiger partial charge in [-0.2, -0.15) is 0 Å². The minimum absolute atomic E-state index is 0.143. The van der Waals surface area contributed by atoms with E-state index in [-0.39, 0.29) is 17.8 Å². The van der Waals surface area contributed by atoms with Crippen LogP contribution in [0.2, 0.25) is 0 Å². The second kappa shape index (κ2) is 5.26. The second-order valence-electron chi connectivity index (χ2n) is 4.39. The number of hydrogen-bond acceptors (Lipinski definition) is 3. The lowest BCUT2D eigenvalue weighted by Crippen LogP contribution is -2.21. The number of rotatable bonds is 1. The van der Waals surface area contributed by atoms with Crippen molar-refractivity contribution in [2.75, 3.05) is 0 Å². The summed E-state index contributed by atoms with van der Waals surface area (Å²) in [7, 11) is 0. The minimum Gasteiger partial charge on any atom is -0.483 e. The van der Waals surface area contributed by atoms with Gasteiger partial charge in [-0.3, -0.25) is 9.78 Å². The summed E-state index contributed by atoms with van der Waals surface area (Å²) in [5.74, 6) is -0.196. The SMILES string of the molecule is O=C1CC(c2ncc(Br)cc2Br)Oc2ccc(F)cc21. The molecule has 0 radical (unpaired) electrons. The van der Waals surface area contributed by atoms with E-state index in [0.717, 1.165) is 8.95 Å². The summed E-state index contributed by atoms with van der Waals surface area (Å²) in [6.07, 6.45) is 1.32. The van der Waals surface area contributed by atoms with Gasteiger partial charge in [-0.15, -0.1) is 0 Å². The highest BCUT2D eigenvalue weighted by atomic mass is 79.9. The Labute approximate surface area is 131 Å². The fourth-order valence-electron chi connectivity index (χ4n) is 2.11. The van der Waals surface area contributed by atoms with E-state index in [2.05, 4.69) is 36.8 Å². The second-order valence-corrected chi connectivity index (χ2v) is 6.16. The Balaban J connectivity index is 1.99. The van der Waals surface area contributed by atoms with Crippen molar-refractivity contribution in [1.82, 2.24) is 4.98 Å². The van der Waals surface area contributed by atoms with E-state index >= 15 is 0 Å². The van der Waals surface area contributed by atoms with Crippen LogP contribution >= 0.6 is 31.9 Å². The summed E-state index contributed by atoms with van der Waals surface area (Å²) in [4.78, 5) is 16.4. The summed E-state index contributed by atoms with van der Waals surface area (Å²) >= 11 is 6.73. The van der Waals surface area contributed by atoms with Crippen molar-refractivity contribution >= 4 is 37.6 Å². The molecule has 1 aromatic carbocycles. The number of carbonyl (C=O) groups excluding carboxylic acids is 1. The molecular formula is C14H8Br2FNO2. The summed E-state index contributed by atoms with van der Waals surface area (Å²) in [6.45, 7) is 0. The maximum atomic E-state index is 13.2. The average Bonchev–Trinajstić information content (AvgIpc) is 2.39. The summed E-state index contributed by atoms with van der Waals surface area (Å²) in [5, 5.41) is 0. The van der Waals surface area contributed by atoms with Gasteiger partial charge in [0.15, 0.2) is 5.78 Å². The fraction of sp³-hybridized carbons (Fsp3) is 0.143. The van der Waals surface area contributed by atoms with E-state index in [4.69, 9.17) is 4.74 Å². The van der Waals surface area contributed by atoms with Crippen LogP contribution in [0.3, 0.4) is 0 Å². The normalized spacial score (nSPS) is 17.6. The van der Waals surface area contributed by atoms with Crippen LogP contribution in [-0.4, -0.2) is 10.8 Å². The monoisotopic (exact) mass is 399 g/mol. The van der Waals surface area contributed by atoms with Crippen molar-refractivity contribution in [2.24, 2.45) is 0 Å². The molecular weight excluding hydrogens is 393 g/mol. The van der Waals surface area contributed by atoms with Crippen molar-refractivity contribution in [3.05, 3.63) is 56.5 Å². The third-order valence-corrected chi connectivity index (χ3v) is 4.09. The first-order valence-electron chi connectivity index (χ1n) is 5.85. The van der Waals surface area contributed by atoms with Crippen LogP contribution in [0, 0.1) is 5.82 Å². The molecule has 0 bridgehead atoms. The van der Waals surface area contributed by atoms with E-state index in [1.54, 1.807) is 6.20 Å². The molecule has 2 heterocycles. The smallest absolute Gasteiger partial charge is 0.170 e. The Morgan fingerprint density at radius 2 is 2.10 bits per heavy atom. The van der Waals surface area contributed by atoms with Gasteiger partial charge >= 0.3 is 0 Å². The van der Waals surface area contributed by atoms with Gasteiger partial charge < -0.3 is 4.74 Å². The highest BCUT2D eigenvalue weighted by Crippen LogP contribution is 2.37. The first kappa shape index (κ1) is 13.7. The zero-order valence-electron chi connectivity index (χ0n) is 10.1. The zero-order valence-corrected chi connectivity index (χ0v) is 13.2. The Hall–Kier alpha value is -1.27. The van der Waals surface area contributed by atoms with Gasteiger partial charge in [0.2, 0.25) is 0 Å². The Morgan fingerprint density at radius 3 is 2.85 bits per heavy atom. The molecule has 0 fully saturated rings. The third kappa shape index (κ3) is 2.50. The van der Waals surface area contributed by atoms with Crippen molar-refractivity contribution in [3.63, 3.8) is 0 Å². The number of nitrogens with zero attached hydrogens (tertiary/aromatic N) is 1. The van der Waals surface area contributed by atoms with Crippen molar-refractivity contribution < 1.29 is 13.9 Å². The van der Waals surface area contributed by atoms with Crippen LogP contribution in [0.5, 0.6) is 5.75 Å². The molecule has 0 aliphatic carbocycles. The first-order valence-corrected chi connectivity index (χ1v) is 7.43. The van der Waals surface area contributed by atoms with Crippen LogP contribution in [0.15, 0.2) is 39.4 Å². The molecule has 6 heteroatoms. The maximum absolute atomic E-state index is 13.2. The Bertz CT molecular complexity index is 706. The molecule has 0 spiro atoms. The molecule has 2 aromatic rings. The summed E-state index contributed by atoms with van der Waals surface area (Å²) in [5.41, 5.74) is 0.936. The number of pyridine rings is 1. The zero-order chi connectivity index (χ0) is 14.3. The van der Waals surface area contributed by atoms with Crippen molar-refractivity contribution in [1.29, 1.82) is 0 Å². The van der Waals surface area contributed by atoms with E-state index in [9.17, 15) is 9.18 Å². The molecule has 1 atom stereocenters. The Morgan fingerprint density at radius 1 is 1.30 bits per heavy atom. The van der Waals surface area contributed by atoms with Crippen molar-refractivity contribution in [2.45, 2.75) is 12.5 Å². The van der Waals surface area contributed by atoms with Crippen LogP contribution in [0.4, 0.5) is 4.39 Å². The largest absolute Gasteiger partial charge is 0.483 e. The van der Waals surface area contributed by atoms with Gasteiger partial charge in [0.1, 0.15) is 17.7 Å². The Kier molecular flexibility index (Phi) is 3.60. The third-order valence-electron chi connectivity index (χ3n) is 3.02. The minimum atomic E-state index is -0.470. The van der Waals surface area contributed by atoms with Crippen LogP contribution in [0.1, 0.15) is 28.6 Å². The number of fused-ring (bicyclic) bond motifs is 1. The number of carbonyl (C=O) groups is 1. The number of benzene rings is 1. The molecule has 1 unspecified atom stereocenters. The molecule has 1 aromatic heterocycles. The fourth-order valence-corrected chi connectivity index (χ4v) is 3.35. The number of ether oxygens (including phenoxy) is 1. The van der Waals surface area contributed by atoms with Gasteiger partial charge in [0.05, 0.1) is 17.7 Å². The summed E-state index contributed by atoms with van der Waals surface area (Å²) in [6, 6.07) is 5.80. The molecule has 1 aliphatic rings. The van der Waals surface area contributed by atoms with Gasteiger partial charge in [-0.05, 0) is 56.1 Å². The predicted octanol–water partition coefficient (Wildman–Crippen LogP) is 4.45.